The summed E-state index contributed by atoms with van der Waals surface area (Å²) in [5.74, 6) is 0.690. The van der Waals surface area contributed by atoms with Crippen LogP contribution in [-0.2, 0) is 9.47 Å². The van der Waals surface area contributed by atoms with Gasteiger partial charge in [0.1, 0.15) is 12.4 Å². The zero-order chi connectivity index (χ0) is 23.1. The first kappa shape index (κ1) is 21.1. The molecule has 6 rings (SSSR count). The third kappa shape index (κ3) is 3.90. The lowest BCUT2D eigenvalue weighted by Gasteiger charge is -2.39. The normalized spacial score (nSPS) is 28.0. The van der Waals surface area contributed by atoms with E-state index in [1.807, 2.05) is 48.6 Å². The largest absolute Gasteiger partial charge is 0.487 e. The van der Waals surface area contributed by atoms with Crippen molar-refractivity contribution in [1.82, 2.24) is 0 Å². The van der Waals surface area contributed by atoms with E-state index in [0.29, 0.717) is 43.8 Å². The van der Waals surface area contributed by atoms with Crippen molar-refractivity contribution in [3.05, 3.63) is 66.6 Å². The maximum atomic E-state index is 11.3. The lowest BCUT2D eigenvalue weighted by Crippen LogP contribution is -2.50. The fourth-order valence-electron chi connectivity index (χ4n) is 5.13. The van der Waals surface area contributed by atoms with Gasteiger partial charge in [0.25, 0.3) is 0 Å². The lowest BCUT2D eigenvalue weighted by atomic mass is 9.81. The summed E-state index contributed by atoms with van der Waals surface area (Å²) in [6.45, 7) is 0.827. The first-order valence-electron chi connectivity index (χ1n) is 11.5. The van der Waals surface area contributed by atoms with Crippen LogP contribution in [0, 0.1) is 11.3 Å². The molecule has 0 aliphatic carbocycles. The van der Waals surface area contributed by atoms with E-state index in [2.05, 4.69) is 6.07 Å². The SMILES string of the molecule is N#Cc1cc(-c2ccoc2)c2ccc(OCC3=NC(C4(O)CC5COC(C4)O5)CC=C3)cc2c1. The summed E-state index contributed by atoms with van der Waals surface area (Å²) in [6, 6.07) is 13.5. The average Bonchev–Trinajstić information content (AvgIpc) is 3.52. The van der Waals surface area contributed by atoms with Gasteiger partial charge in [-0.05, 0) is 59.2 Å². The van der Waals surface area contributed by atoms with Crippen molar-refractivity contribution in [1.29, 1.82) is 5.26 Å². The van der Waals surface area contributed by atoms with Gasteiger partial charge < -0.3 is 23.7 Å². The Morgan fingerprint density at radius 3 is 2.97 bits per heavy atom. The Morgan fingerprint density at radius 2 is 2.15 bits per heavy atom. The number of hydrogen-bond donors (Lipinski definition) is 1. The van der Waals surface area contributed by atoms with Crippen LogP contribution >= 0.6 is 0 Å². The van der Waals surface area contributed by atoms with Crippen LogP contribution in [0.1, 0.15) is 24.8 Å². The third-order valence-electron chi connectivity index (χ3n) is 6.80. The summed E-state index contributed by atoms with van der Waals surface area (Å²) in [5.41, 5.74) is 2.30. The first-order chi connectivity index (χ1) is 16.6. The van der Waals surface area contributed by atoms with Gasteiger partial charge in [-0.2, -0.15) is 5.26 Å². The zero-order valence-electron chi connectivity index (χ0n) is 18.5. The Kier molecular flexibility index (Phi) is 5.22. The number of ether oxygens (including phenoxy) is 3. The van der Waals surface area contributed by atoms with Gasteiger partial charge in [0.2, 0.25) is 0 Å². The first-order valence-corrected chi connectivity index (χ1v) is 11.5. The summed E-state index contributed by atoms with van der Waals surface area (Å²) in [4.78, 5) is 4.82. The molecule has 2 saturated heterocycles. The van der Waals surface area contributed by atoms with Crippen LogP contribution < -0.4 is 4.74 Å². The van der Waals surface area contributed by atoms with E-state index in [9.17, 15) is 10.4 Å². The second kappa shape index (κ2) is 8.41. The van der Waals surface area contributed by atoms with Crippen molar-refractivity contribution < 1.29 is 23.7 Å². The van der Waals surface area contributed by atoms with Crippen LogP contribution in [0.25, 0.3) is 21.9 Å². The highest BCUT2D eigenvalue weighted by molar-refractivity contribution is 5.99. The Bertz CT molecular complexity index is 1310. The van der Waals surface area contributed by atoms with Crippen LogP contribution in [0.5, 0.6) is 5.75 Å². The smallest absolute Gasteiger partial charge is 0.161 e. The summed E-state index contributed by atoms with van der Waals surface area (Å²) < 4.78 is 22.6. The molecule has 0 amide bonds. The number of fused-ring (bicyclic) bond motifs is 3. The number of nitrogens with zero attached hydrogens (tertiary/aromatic N) is 2. The number of dihydropyridines is 1. The van der Waals surface area contributed by atoms with Gasteiger partial charge >= 0.3 is 0 Å². The predicted molar refractivity (Wildman–Crippen MR) is 126 cm³/mol. The molecule has 1 aromatic heterocycles. The molecule has 0 spiro atoms. The maximum Gasteiger partial charge on any atom is 0.161 e. The number of nitriles is 1. The molecule has 4 unspecified atom stereocenters. The Labute approximate surface area is 196 Å². The molecule has 3 aliphatic rings. The topological polar surface area (TPSA) is 97.2 Å². The highest BCUT2D eigenvalue weighted by atomic mass is 16.7. The molecule has 34 heavy (non-hydrogen) atoms. The van der Waals surface area contributed by atoms with Gasteiger partial charge in [-0.25, -0.2) is 0 Å². The van der Waals surface area contributed by atoms with E-state index < -0.39 is 5.60 Å². The maximum absolute atomic E-state index is 11.3. The number of benzene rings is 2. The molecule has 0 radical (unpaired) electrons. The van der Waals surface area contributed by atoms with Gasteiger partial charge in [-0.1, -0.05) is 12.1 Å². The van der Waals surface area contributed by atoms with E-state index in [0.717, 1.165) is 27.6 Å². The predicted octanol–water partition coefficient (Wildman–Crippen LogP) is 4.39. The molecule has 2 bridgehead atoms. The zero-order valence-corrected chi connectivity index (χ0v) is 18.5. The minimum Gasteiger partial charge on any atom is -0.487 e. The molecule has 172 valence electrons. The van der Waals surface area contributed by atoms with E-state index in [-0.39, 0.29) is 18.4 Å². The fourth-order valence-corrected chi connectivity index (χ4v) is 5.13. The molecule has 2 aromatic carbocycles. The average molecular weight is 456 g/mol. The second-order valence-electron chi connectivity index (χ2n) is 9.13. The van der Waals surface area contributed by atoms with Gasteiger partial charge in [-0.15, -0.1) is 0 Å². The number of aliphatic imine (C=N–C) groups is 1. The standard InChI is InChI=1S/C27H24N2O5/c28-13-17-8-19-10-21(4-5-23(19)24(9-17)18-6-7-31-14-18)32-15-20-2-1-3-25(29-20)27(30)11-22-16-33-26(12-27)34-22/h1-2,4-10,14,22,25-26,30H,3,11-12,15-16H2. The summed E-state index contributed by atoms with van der Waals surface area (Å²) in [7, 11) is 0. The van der Waals surface area contributed by atoms with Crippen LogP contribution in [0.15, 0.2) is 70.5 Å². The summed E-state index contributed by atoms with van der Waals surface area (Å²) in [5, 5.41) is 22.7. The van der Waals surface area contributed by atoms with Gasteiger partial charge in [0.15, 0.2) is 6.29 Å². The Hall–Kier alpha value is -3.44. The molecule has 4 heterocycles. The highest BCUT2D eigenvalue weighted by Gasteiger charge is 2.49. The van der Waals surface area contributed by atoms with Crippen molar-refractivity contribution >= 4 is 16.5 Å². The van der Waals surface area contributed by atoms with Crippen LogP contribution in [0.2, 0.25) is 0 Å². The van der Waals surface area contributed by atoms with Gasteiger partial charge in [0.05, 0.1) is 54.2 Å². The minimum atomic E-state index is -0.930. The van der Waals surface area contributed by atoms with Crippen molar-refractivity contribution in [3.8, 4) is 22.9 Å². The molecule has 7 nitrogen and oxygen atoms in total. The van der Waals surface area contributed by atoms with Crippen molar-refractivity contribution in [3.63, 3.8) is 0 Å². The molecule has 1 N–H and O–H groups in total. The van der Waals surface area contributed by atoms with Gasteiger partial charge in [0, 0.05) is 18.4 Å². The Morgan fingerprint density at radius 1 is 1.21 bits per heavy atom. The molecule has 4 atom stereocenters. The number of hydrogen-bond acceptors (Lipinski definition) is 7. The highest BCUT2D eigenvalue weighted by Crippen LogP contribution is 2.39. The number of rotatable bonds is 5. The lowest BCUT2D eigenvalue weighted by molar-refractivity contribution is -0.162. The van der Waals surface area contributed by atoms with Gasteiger partial charge in [-0.3, -0.25) is 4.99 Å². The van der Waals surface area contributed by atoms with E-state index >= 15 is 0 Å². The van der Waals surface area contributed by atoms with Crippen molar-refractivity contribution in [2.24, 2.45) is 4.99 Å². The van der Waals surface area contributed by atoms with E-state index in [1.165, 1.54) is 0 Å². The Balaban J connectivity index is 1.22. The molecule has 3 aromatic rings. The van der Waals surface area contributed by atoms with Crippen LogP contribution in [-0.4, -0.2) is 48.1 Å². The molecule has 3 aliphatic heterocycles. The number of furan rings is 1. The molecular weight excluding hydrogens is 432 g/mol. The monoisotopic (exact) mass is 456 g/mol. The van der Waals surface area contributed by atoms with E-state index in [1.54, 1.807) is 12.5 Å². The fraction of sp³-hybridized carbons (Fsp3) is 0.333. The molecule has 0 saturated carbocycles. The molecular formula is C27H24N2O5. The quantitative estimate of drug-likeness (QED) is 0.612. The van der Waals surface area contributed by atoms with Crippen LogP contribution in [0.3, 0.4) is 0 Å². The molecule has 2 fully saturated rings. The van der Waals surface area contributed by atoms with Crippen LogP contribution in [0.4, 0.5) is 0 Å². The summed E-state index contributed by atoms with van der Waals surface area (Å²) in [6.07, 6.45) is 8.55. The third-order valence-corrected chi connectivity index (χ3v) is 6.80. The summed E-state index contributed by atoms with van der Waals surface area (Å²) >= 11 is 0. The second-order valence-corrected chi connectivity index (χ2v) is 9.13. The molecule has 7 heteroatoms. The van der Waals surface area contributed by atoms with E-state index in [4.69, 9.17) is 23.6 Å². The van der Waals surface area contributed by atoms with Crippen molar-refractivity contribution in [2.45, 2.75) is 43.3 Å². The minimum absolute atomic E-state index is 0.0626. The number of aliphatic hydroxyl groups is 1. The van der Waals surface area contributed by atoms with Crippen molar-refractivity contribution in [2.75, 3.05) is 13.2 Å².